The van der Waals surface area contributed by atoms with Gasteiger partial charge in [0.15, 0.2) is 0 Å². The lowest BCUT2D eigenvalue weighted by Gasteiger charge is -2.25. The summed E-state index contributed by atoms with van der Waals surface area (Å²) in [5.41, 5.74) is 2.02. The molecule has 8 nitrogen and oxygen atoms in total. The number of amides is 3. The predicted octanol–water partition coefficient (Wildman–Crippen LogP) is 2.07. The number of hydrogen-bond donors (Lipinski definition) is 3. The van der Waals surface area contributed by atoms with E-state index in [0.717, 1.165) is 36.1 Å². The normalized spacial score (nSPS) is 20.8. The first-order valence-electron chi connectivity index (χ1n) is 12.8. The summed E-state index contributed by atoms with van der Waals surface area (Å²) in [4.78, 5) is 40.4. The molecule has 36 heavy (non-hydrogen) atoms. The molecule has 1 aliphatic rings. The molecule has 0 aromatic heterocycles. The number of carbonyl (C=O) groups excluding carboxylic acids is 3. The summed E-state index contributed by atoms with van der Waals surface area (Å²) in [5, 5.41) is 9.10. The molecule has 2 atom stereocenters. The fourth-order valence-electron chi connectivity index (χ4n) is 4.32. The molecule has 3 rings (SSSR count). The van der Waals surface area contributed by atoms with Gasteiger partial charge in [-0.3, -0.25) is 14.4 Å². The van der Waals surface area contributed by atoms with Gasteiger partial charge in [0.25, 0.3) is 0 Å². The third-order valence-corrected chi connectivity index (χ3v) is 6.21. The number of rotatable bonds is 4. The molecule has 8 heteroatoms. The van der Waals surface area contributed by atoms with E-state index in [1.54, 1.807) is 7.05 Å². The van der Waals surface area contributed by atoms with E-state index in [1.165, 1.54) is 4.90 Å². The van der Waals surface area contributed by atoms with Crippen LogP contribution in [0.25, 0.3) is 0 Å². The largest absolute Gasteiger partial charge is 0.492 e. The Bertz CT molecular complexity index is 998. The first-order chi connectivity index (χ1) is 17.5. The van der Waals surface area contributed by atoms with Crippen LogP contribution in [0.4, 0.5) is 0 Å². The van der Waals surface area contributed by atoms with Crippen LogP contribution in [0.2, 0.25) is 0 Å². The van der Waals surface area contributed by atoms with Gasteiger partial charge in [0.2, 0.25) is 17.7 Å². The topological polar surface area (TPSA) is 99.8 Å². The molecule has 0 spiro atoms. The van der Waals surface area contributed by atoms with Gasteiger partial charge >= 0.3 is 0 Å². The van der Waals surface area contributed by atoms with E-state index in [1.807, 2.05) is 61.5 Å². The molecule has 2 aromatic carbocycles. The number of carbonyl (C=O) groups is 3. The maximum Gasteiger partial charge on any atom is 0.242 e. The van der Waals surface area contributed by atoms with E-state index in [0.29, 0.717) is 32.5 Å². The molecule has 194 valence electrons. The zero-order chi connectivity index (χ0) is 25.8. The van der Waals surface area contributed by atoms with Crippen LogP contribution in [0.5, 0.6) is 5.75 Å². The zero-order valence-corrected chi connectivity index (χ0v) is 21.3. The van der Waals surface area contributed by atoms with E-state index >= 15 is 0 Å². The number of fused-ring (bicyclic) bond motifs is 1. The molecule has 0 unspecified atom stereocenters. The number of aryl methyl sites for hydroxylation is 1. The Kier molecular flexibility index (Phi) is 10.8. The Morgan fingerprint density at radius 3 is 2.50 bits per heavy atom. The van der Waals surface area contributed by atoms with Gasteiger partial charge in [-0.05, 0) is 36.5 Å². The van der Waals surface area contributed by atoms with Crippen LogP contribution in [0.3, 0.4) is 0 Å². The summed E-state index contributed by atoms with van der Waals surface area (Å²) in [6.45, 7) is 3.31. The summed E-state index contributed by atoms with van der Waals surface area (Å²) in [7, 11) is 1.61. The maximum atomic E-state index is 13.1. The molecular weight excluding hydrogens is 456 g/mol. The van der Waals surface area contributed by atoms with Crippen molar-refractivity contribution in [2.24, 2.45) is 0 Å². The number of ether oxygens (including phenoxy) is 1. The molecule has 0 fully saturated rings. The molecule has 0 radical (unpaired) electrons. The van der Waals surface area contributed by atoms with Crippen molar-refractivity contribution in [3.63, 3.8) is 0 Å². The summed E-state index contributed by atoms with van der Waals surface area (Å²) in [6.07, 6.45) is 3.34. The van der Waals surface area contributed by atoms with Crippen molar-refractivity contribution in [2.45, 2.75) is 51.1 Å². The molecule has 0 saturated carbocycles. The molecule has 0 saturated heterocycles. The molecule has 3 N–H and O–H groups in total. The Morgan fingerprint density at radius 1 is 0.972 bits per heavy atom. The minimum Gasteiger partial charge on any atom is -0.492 e. The molecule has 1 heterocycles. The Hall–Kier alpha value is -3.39. The fourth-order valence-corrected chi connectivity index (χ4v) is 4.32. The molecule has 0 bridgehead atoms. The summed E-state index contributed by atoms with van der Waals surface area (Å²) < 4.78 is 6.00. The number of hydrogen-bond acceptors (Lipinski definition) is 5. The number of nitrogens with one attached hydrogen (secondary N) is 3. The lowest BCUT2D eigenvalue weighted by molar-refractivity contribution is -0.137. The quantitative estimate of drug-likeness (QED) is 0.604. The molecule has 0 aliphatic carbocycles. The highest BCUT2D eigenvalue weighted by Gasteiger charge is 2.25. The lowest BCUT2D eigenvalue weighted by atomic mass is 10.0. The molecule has 1 aliphatic heterocycles. The van der Waals surface area contributed by atoms with Crippen LogP contribution in [-0.2, 0) is 27.2 Å². The van der Waals surface area contributed by atoms with Crippen molar-refractivity contribution in [1.82, 2.24) is 20.9 Å². The molecule has 3 amide bonds. The number of benzene rings is 2. The standard InChI is InChI=1S/C28H38N4O4/c1-3-10-23-28(35)32(2)20-26(33)31-24(19-21-11-5-4-6-12-21)27(34)30-16-9-14-22-13-7-8-15-25(22)36-18-17-29-23/h4-8,11-13,15,23-24,29H,3,9-10,14,16-20H2,1-2H3,(H,30,34)(H,31,33)/t23-,24+/m1/s1. The Morgan fingerprint density at radius 2 is 1.72 bits per heavy atom. The number of para-hydroxylation sites is 1. The van der Waals surface area contributed by atoms with E-state index in [9.17, 15) is 14.4 Å². The van der Waals surface area contributed by atoms with Crippen LogP contribution in [-0.4, -0.2) is 68.0 Å². The molecular formula is C28H38N4O4. The van der Waals surface area contributed by atoms with E-state index in [4.69, 9.17) is 4.74 Å². The van der Waals surface area contributed by atoms with Gasteiger partial charge in [-0.15, -0.1) is 0 Å². The number of nitrogens with zero attached hydrogens (tertiary/aromatic N) is 1. The highest BCUT2D eigenvalue weighted by Crippen LogP contribution is 2.19. The van der Waals surface area contributed by atoms with Crippen LogP contribution < -0.4 is 20.7 Å². The van der Waals surface area contributed by atoms with Crippen molar-refractivity contribution in [3.8, 4) is 5.75 Å². The van der Waals surface area contributed by atoms with Gasteiger partial charge in [0.05, 0.1) is 12.6 Å². The van der Waals surface area contributed by atoms with Gasteiger partial charge in [-0.2, -0.15) is 0 Å². The van der Waals surface area contributed by atoms with Gasteiger partial charge < -0.3 is 25.6 Å². The van der Waals surface area contributed by atoms with Gasteiger partial charge in [-0.25, -0.2) is 0 Å². The van der Waals surface area contributed by atoms with Crippen LogP contribution >= 0.6 is 0 Å². The van der Waals surface area contributed by atoms with Crippen LogP contribution in [0, 0.1) is 0 Å². The van der Waals surface area contributed by atoms with Crippen LogP contribution in [0.15, 0.2) is 54.6 Å². The van der Waals surface area contributed by atoms with Crippen molar-refractivity contribution in [3.05, 3.63) is 65.7 Å². The first kappa shape index (κ1) is 27.2. The summed E-state index contributed by atoms with van der Waals surface area (Å²) >= 11 is 0. The Labute approximate surface area is 213 Å². The lowest BCUT2D eigenvalue weighted by Crippen LogP contribution is -2.53. The minimum absolute atomic E-state index is 0.122. The van der Waals surface area contributed by atoms with Crippen molar-refractivity contribution >= 4 is 17.7 Å². The number of likely N-dealkylation sites (N-methyl/N-ethyl adjacent to an activating group) is 1. The van der Waals surface area contributed by atoms with Crippen LogP contribution in [0.1, 0.15) is 37.3 Å². The van der Waals surface area contributed by atoms with E-state index in [2.05, 4.69) is 16.0 Å². The SMILES string of the molecule is CCC[C@H]1NCCOc2ccccc2CCCNC(=O)[C@H](Cc2ccccc2)NC(=O)CN(C)C1=O. The predicted molar refractivity (Wildman–Crippen MR) is 140 cm³/mol. The fraction of sp³-hybridized carbons (Fsp3) is 0.464. The van der Waals surface area contributed by atoms with Gasteiger partial charge in [-0.1, -0.05) is 61.9 Å². The average molecular weight is 495 g/mol. The zero-order valence-electron chi connectivity index (χ0n) is 21.3. The first-order valence-corrected chi connectivity index (χ1v) is 12.8. The summed E-state index contributed by atoms with van der Waals surface area (Å²) in [5.74, 6) is 0.0574. The third kappa shape index (κ3) is 8.37. The monoisotopic (exact) mass is 494 g/mol. The smallest absolute Gasteiger partial charge is 0.242 e. The minimum atomic E-state index is -0.734. The third-order valence-electron chi connectivity index (χ3n) is 6.21. The van der Waals surface area contributed by atoms with Crippen molar-refractivity contribution in [2.75, 3.05) is 33.3 Å². The van der Waals surface area contributed by atoms with Gasteiger partial charge in [0, 0.05) is 26.6 Å². The van der Waals surface area contributed by atoms with Crippen molar-refractivity contribution < 1.29 is 19.1 Å². The second-order valence-corrected chi connectivity index (χ2v) is 9.15. The summed E-state index contributed by atoms with van der Waals surface area (Å²) in [6, 6.07) is 16.3. The molecule has 2 aromatic rings. The van der Waals surface area contributed by atoms with E-state index in [-0.39, 0.29) is 24.3 Å². The second kappa shape index (κ2) is 14.2. The Balaban J connectivity index is 1.78. The highest BCUT2D eigenvalue weighted by atomic mass is 16.5. The highest BCUT2D eigenvalue weighted by molar-refractivity contribution is 5.91. The van der Waals surface area contributed by atoms with Crippen molar-refractivity contribution in [1.29, 1.82) is 0 Å². The second-order valence-electron chi connectivity index (χ2n) is 9.15. The van der Waals surface area contributed by atoms with E-state index < -0.39 is 12.1 Å². The van der Waals surface area contributed by atoms with Gasteiger partial charge in [0.1, 0.15) is 18.4 Å². The maximum absolute atomic E-state index is 13.1. The average Bonchev–Trinajstić information content (AvgIpc) is 2.88.